The molecular formula is C23H18ClN5O2. The highest BCUT2D eigenvalue weighted by molar-refractivity contribution is 6.30. The number of imidazole rings is 1. The number of carbonyl (C=O) groups is 1. The fourth-order valence-corrected chi connectivity index (χ4v) is 3.67. The molecule has 0 fully saturated rings. The Hall–Kier alpha value is -3.84. The van der Waals surface area contributed by atoms with Crippen LogP contribution in [0.2, 0.25) is 5.02 Å². The third kappa shape index (κ3) is 3.60. The summed E-state index contributed by atoms with van der Waals surface area (Å²) >= 11 is 5.92. The molecule has 0 spiro atoms. The van der Waals surface area contributed by atoms with Crippen LogP contribution >= 0.6 is 11.6 Å². The fraction of sp³-hybridized carbons (Fsp3) is 0.0870. The van der Waals surface area contributed by atoms with Crippen molar-refractivity contribution in [3.8, 4) is 5.75 Å². The molecule has 8 heteroatoms. The Balaban J connectivity index is 1.54. The molecule has 0 saturated heterocycles. The van der Waals surface area contributed by atoms with Gasteiger partial charge in [0, 0.05) is 10.6 Å². The van der Waals surface area contributed by atoms with Crippen LogP contribution in [0.5, 0.6) is 5.75 Å². The number of rotatable bonds is 3. The van der Waals surface area contributed by atoms with Gasteiger partial charge < -0.3 is 4.74 Å². The fourth-order valence-electron chi connectivity index (χ4n) is 3.54. The van der Waals surface area contributed by atoms with E-state index in [0.717, 1.165) is 22.3 Å². The van der Waals surface area contributed by atoms with E-state index in [1.165, 1.54) is 0 Å². The van der Waals surface area contributed by atoms with Gasteiger partial charge in [0.15, 0.2) is 6.17 Å². The summed E-state index contributed by atoms with van der Waals surface area (Å²) in [4.78, 5) is 22.2. The number of nitrogens with zero attached hydrogens (tertiary/aromatic N) is 3. The van der Waals surface area contributed by atoms with Crippen molar-refractivity contribution in [1.82, 2.24) is 14.9 Å². The second-order valence-electron chi connectivity index (χ2n) is 7.00. The molecule has 31 heavy (non-hydrogen) atoms. The van der Waals surface area contributed by atoms with Crippen molar-refractivity contribution in [2.24, 2.45) is 4.99 Å². The van der Waals surface area contributed by atoms with Crippen molar-refractivity contribution in [1.29, 1.82) is 0 Å². The Bertz CT molecular complexity index is 1300. The standard InChI is InChI=1S/C23H18ClN5O2/c1-31-17-12-8-14(9-13-17)20-26-22(27-21(30)15-6-10-16(24)11-7-15)28-23-25-18-4-2-3-5-19(18)29(20)23/h2-13,20H,1H3,(H2,25,26,27,28,30)/t20-/m0/s1. The molecule has 0 aliphatic carbocycles. The van der Waals surface area contributed by atoms with E-state index in [1.54, 1.807) is 31.4 Å². The third-order valence-electron chi connectivity index (χ3n) is 5.07. The lowest BCUT2D eigenvalue weighted by atomic mass is 10.1. The van der Waals surface area contributed by atoms with E-state index in [0.29, 0.717) is 22.5 Å². The lowest BCUT2D eigenvalue weighted by Crippen LogP contribution is -2.40. The number of hydrogen-bond acceptors (Lipinski definition) is 5. The van der Waals surface area contributed by atoms with Gasteiger partial charge in [-0.2, -0.15) is 0 Å². The minimum Gasteiger partial charge on any atom is -0.497 e. The Labute approximate surface area is 183 Å². The molecule has 7 nitrogen and oxygen atoms in total. The Morgan fingerprint density at radius 1 is 1.06 bits per heavy atom. The molecule has 1 aromatic heterocycles. The van der Waals surface area contributed by atoms with E-state index in [9.17, 15) is 4.79 Å². The number of aliphatic imine (C=N–C) groups is 1. The number of carbonyl (C=O) groups excluding carboxylic acids is 1. The minimum absolute atomic E-state index is 0.291. The number of halogens is 1. The van der Waals surface area contributed by atoms with Gasteiger partial charge in [-0.05, 0) is 54.1 Å². The van der Waals surface area contributed by atoms with Gasteiger partial charge in [-0.25, -0.2) is 9.98 Å². The molecule has 1 aliphatic heterocycles. The first-order chi connectivity index (χ1) is 15.1. The highest BCUT2D eigenvalue weighted by Gasteiger charge is 2.27. The number of fused-ring (bicyclic) bond motifs is 3. The highest BCUT2D eigenvalue weighted by Crippen LogP contribution is 2.33. The summed E-state index contributed by atoms with van der Waals surface area (Å²) in [6.45, 7) is 0. The number of methoxy groups -OCH3 is 1. The largest absolute Gasteiger partial charge is 0.497 e. The van der Waals surface area contributed by atoms with Gasteiger partial charge >= 0.3 is 0 Å². The van der Waals surface area contributed by atoms with Gasteiger partial charge in [0.2, 0.25) is 11.9 Å². The van der Waals surface area contributed by atoms with E-state index in [1.807, 2.05) is 53.1 Å². The van der Waals surface area contributed by atoms with Crippen LogP contribution in [0.1, 0.15) is 22.1 Å². The van der Waals surface area contributed by atoms with Crippen LogP contribution < -0.4 is 15.4 Å². The number of anilines is 1. The van der Waals surface area contributed by atoms with Crippen molar-refractivity contribution in [3.05, 3.63) is 88.9 Å². The summed E-state index contributed by atoms with van der Waals surface area (Å²) in [5.74, 6) is 1.39. The molecule has 1 aliphatic rings. The van der Waals surface area contributed by atoms with Crippen molar-refractivity contribution in [2.75, 3.05) is 12.4 Å². The van der Waals surface area contributed by atoms with Crippen molar-refractivity contribution in [2.45, 2.75) is 6.17 Å². The molecule has 4 aromatic rings. The van der Waals surface area contributed by atoms with Gasteiger partial charge in [-0.15, -0.1) is 0 Å². The summed E-state index contributed by atoms with van der Waals surface area (Å²) in [5.41, 5.74) is 3.19. The monoisotopic (exact) mass is 431 g/mol. The first-order valence-electron chi connectivity index (χ1n) is 9.65. The third-order valence-corrected chi connectivity index (χ3v) is 5.33. The number of hydrogen-bond donors (Lipinski definition) is 2. The van der Waals surface area contributed by atoms with E-state index in [2.05, 4.69) is 15.6 Å². The van der Waals surface area contributed by atoms with Crippen LogP contribution in [0, 0.1) is 0 Å². The molecule has 5 rings (SSSR count). The van der Waals surface area contributed by atoms with Crippen LogP contribution in [-0.4, -0.2) is 28.5 Å². The maximum atomic E-state index is 12.7. The van der Waals surface area contributed by atoms with Crippen LogP contribution in [0.3, 0.4) is 0 Å². The summed E-state index contributed by atoms with van der Waals surface area (Å²) in [7, 11) is 1.63. The molecule has 0 bridgehead atoms. The average molecular weight is 432 g/mol. The number of guanidine groups is 1. The zero-order valence-corrected chi connectivity index (χ0v) is 17.3. The molecule has 2 heterocycles. The molecule has 1 atom stereocenters. The Kier molecular flexibility index (Phi) is 4.80. The molecule has 3 aromatic carbocycles. The predicted molar refractivity (Wildman–Crippen MR) is 121 cm³/mol. The minimum atomic E-state index is -0.407. The Morgan fingerprint density at radius 2 is 1.81 bits per heavy atom. The van der Waals surface area contributed by atoms with E-state index in [-0.39, 0.29) is 5.91 Å². The molecular weight excluding hydrogens is 414 g/mol. The molecule has 0 saturated carbocycles. The summed E-state index contributed by atoms with van der Waals surface area (Å²) in [5, 5.41) is 6.55. The van der Waals surface area contributed by atoms with Crippen molar-refractivity contribution >= 4 is 40.4 Å². The first-order valence-corrected chi connectivity index (χ1v) is 10.0. The van der Waals surface area contributed by atoms with Crippen LogP contribution in [0.4, 0.5) is 5.95 Å². The zero-order valence-electron chi connectivity index (χ0n) is 16.5. The number of amides is 1. The van der Waals surface area contributed by atoms with E-state index in [4.69, 9.17) is 21.3 Å². The number of ether oxygens (including phenoxy) is 1. The summed E-state index contributed by atoms with van der Waals surface area (Å²) < 4.78 is 7.29. The van der Waals surface area contributed by atoms with Crippen molar-refractivity contribution in [3.63, 3.8) is 0 Å². The molecule has 0 unspecified atom stereocenters. The highest BCUT2D eigenvalue weighted by atomic mass is 35.5. The quantitative estimate of drug-likeness (QED) is 0.502. The predicted octanol–water partition coefficient (Wildman–Crippen LogP) is 4.46. The van der Waals surface area contributed by atoms with Gasteiger partial charge in [-0.1, -0.05) is 35.9 Å². The maximum Gasteiger partial charge on any atom is 0.257 e. The van der Waals surface area contributed by atoms with Crippen molar-refractivity contribution < 1.29 is 9.53 Å². The first kappa shape index (κ1) is 19.1. The molecule has 1 amide bonds. The zero-order chi connectivity index (χ0) is 21.4. The molecule has 0 radical (unpaired) electrons. The van der Waals surface area contributed by atoms with Gasteiger partial charge in [0.05, 0.1) is 18.1 Å². The maximum absolute atomic E-state index is 12.7. The lowest BCUT2D eigenvalue weighted by molar-refractivity contribution is 0.0976. The topological polar surface area (TPSA) is 80.5 Å². The van der Waals surface area contributed by atoms with Gasteiger partial charge in [-0.3, -0.25) is 20.0 Å². The van der Waals surface area contributed by atoms with Gasteiger partial charge in [0.25, 0.3) is 5.91 Å². The Morgan fingerprint density at radius 3 is 2.55 bits per heavy atom. The SMILES string of the molecule is COc1ccc([C@H]2N=C(NC(=O)c3ccc(Cl)cc3)Nc3nc4ccccc4n32)cc1. The number of nitrogens with one attached hydrogen (secondary N) is 2. The smallest absolute Gasteiger partial charge is 0.257 e. The summed E-state index contributed by atoms with van der Waals surface area (Å²) in [6, 6.07) is 22.2. The molecule has 2 N–H and O–H groups in total. The normalized spacial score (nSPS) is 15.0. The molecule has 154 valence electrons. The van der Waals surface area contributed by atoms with Crippen LogP contribution in [0.15, 0.2) is 77.8 Å². The number of para-hydroxylation sites is 2. The second-order valence-corrected chi connectivity index (χ2v) is 7.44. The van der Waals surface area contributed by atoms with Crippen LogP contribution in [-0.2, 0) is 0 Å². The lowest BCUT2D eigenvalue weighted by Gasteiger charge is -2.25. The second kappa shape index (κ2) is 7.77. The number of aromatic nitrogens is 2. The van der Waals surface area contributed by atoms with E-state index >= 15 is 0 Å². The van der Waals surface area contributed by atoms with Crippen LogP contribution in [0.25, 0.3) is 11.0 Å². The average Bonchev–Trinajstić information content (AvgIpc) is 3.17. The van der Waals surface area contributed by atoms with E-state index < -0.39 is 6.17 Å². The van der Waals surface area contributed by atoms with Gasteiger partial charge in [0.1, 0.15) is 5.75 Å². The summed E-state index contributed by atoms with van der Waals surface area (Å²) in [6.07, 6.45) is -0.407. The number of benzene rings is 3.